The molecule has 0 aromatic heterocycles. The van der Waals surface area contributed by atoms with Gasteiger partial charge in [0, 0.05) is 19.2 Å². The summed E-state index contributed by atoms with van der Waals surface area (Å²) in [6, 6.07) is 1.14. The number of hydrogen-bond acceptors (Lipinski definition) is 8. The Labute approximate surface area is 135 Å². The molecule has 1 aromatic rings. The number of hydrogen-bond donors (Lipinski definition) is 2. The summed E-state index contributed by atoms with van der Waals surface area (Å²) in [6.45, 7) is -2.02. The van der Waals surface area contributed by atoms with Gasteiger partial charge in [-0.15, -0.1) is 0 Å². The third-order valence-corrected chi connectivity index (χ3v) is 5.16. The van der Waals surface area contributed by atoms with Crippen LogP contribution < -0.4 is 0 Å². The van der Waals surface area contributed by atoms with Crippen LogP contribution in [0, 0.1) is 20.2 Å². The number of nitro groups is 2. The van der Waals surface area contributed by atoms with Crippen LogP contribution in [0.5, 0.6) is 0 Å². The first kappa shape index (κ1) is 19.2. The highest BCUT2D eigenvalue weighted by atomic mass is 35.5. The second kappa shape index (κ2) is 7.61. The maximum absolute atomic E-state index is 12.5. The third-order valence-electron chi connectivity index (χ3n) is 2.73. The fourth-order valence-corrected chi connectivity index (χ4v) is 3.70. The minimum absolute atomic E-state index is 0.421. The maximum atomic E-state index is 12.5. The number of non-ortho nitro benzene ring substituents is 1. The van der Waals surface area contributed by atoms with Crippen molar-refractivity contribution in [1.29, 1.82) is 0 Å². The van der Waals surface area contributed by atoms with E-state index in [0.29, 0.717) is 16.4 Å². The van der Waals surface area contributed by atoms with Gasteiger partial charge in [0.2, 0.25) is 10.0 Å². The highest BCUT2D eigenvalue weighted by Crippen LogP contribution is 2.36. The molecule has 128 valence electrons. The molecule has 0 spiro atoms. The lowest BCUT2D eigenvalue weighted by Gasteiger charge is -2.20. The summed E-state index contributed by atoms with van der Waals surface area (Å²) in [6.07, 6.45) is 0. The van der Waals surface area contributed by atoms with Gasteiger partial charge in [0.05, 0.1) is 29.1 Å². The van der Waals surface area contributed by atoms with Crippen molar-refractivity contribution in [3.05, 3.63) is 37.4 Å². The highest BCUT2D eigenvalue weighted by molar-refractivity contribution is 7.89. The highest BCUT2D eigenvalue weighted by Gasteiger charge is 2.33. The van der Waals surface area contributed by atoms with Crippen molar-refractivity contribution in [2.24, 2.45) is 0 Å². The normalized spacial score (nSPS) is 11.7. The summed E-state index contributed by atoms with van der Waals surface area (Å²) < 4.78 is 25.5. The monoisotopic (exact) mass is 369 g/mol. The molecule has 1 aromatic carbocycles. The van der Waals surface area contributed by atoms with Crippen molar-refractivity contribution in [2.75, 3.05) is 26.3 Å². The number of nitrogens with zero attached hydrogens (tertiary/aromatic N) is 3. The zero-order valence-corrected chi connectivity index (χ0v) is 13.0. The van der Waals surface area contributed by atoms with Crippen molar-refractivity contribution in [3.8, 4) is 0 Å². The fraction of sp³-hybridized carbons (Fsp3) is 0.400. The van der Waals surface area contributed by atoms with E-state index in [1.807, 2.05) is 0 Å². The Morgan fingerprint density at radius 1 is 1.09 bits per heavy atom. The Morgan fingerprint density at radius 3 is 2.00 bits per heavy atom. The molecule has 23 heavy (non-hydrogen) atoms. The topological polar surface area (TPSA) is 164 Å². The molecule has 0 unspecified atom stereocenters. The molecule has 0 fully saturated rings. The van der Waals surface area contributed by atoms with Gasteiger partial charge in [0.15, 0.2) is 0 Å². The quantitative estimate of drug-likeness (QED) is 0.482. The van der Waals surface area contributed by atoms with E-state index in [4.69, 9.17) is 21.8 Å². The summed E-state index contributed by atoms with van der Waals surface area (Å²) in [4.78, 5) is 18.9. The van der Waals surface area contributed by atoms with Crippen molar-refractivity contribution in [3.63, 3.8) is 0 Å². The van der Waals surface area contributed by atoms with Crippen LogP contribution in [0.1, 0.15) is 0 Å². The number of halogens is 1. The average Bonchev–Trinajstić information content (AvgIpc) is 2.46. The predicted octanol–water partition coefficient (Wildman–Crippen LogP) is 0.132. The van der Waals surface area contributed by atoms with Gasteiger partial charge >= 0.3 is 0 Å². The van der Waals surface area contributed by atoms with Gasteiger partial charge in [-0.25, -0.2) is 8.42 Å². The van der Waals surface area contributed by atoms with Crippen LogP contribution in [-0.2, 0) is 10.0 Å². The number of aliphatic hydroxyl groups excluding tert-OH is 2. The Balaban J connectivity index is 3.61. The third kappa shape index (κ3) is 4.11. The molecule has 0 atom stereocenters. The molecular weight excluding hydrogens is 358 g/mol. The minimum atomic E-state index is -4.50. The van der Waals surface area contributed by atoms with Gasteiger partial charge in [-0.05, 0) is 0 Å². The number of aliphatic hydroxyl groups is 2. The Morgan fingerprint density at radius 2 is 1.61 bits per heavy atom. The molecule has 0 saturated heterocycles. The largest absolute Gasteiger partial charge is 0.395 e. The molecule has 0 bridgehead atoms. The van der Waals surface area contributed by atoms with Gasteiger partial charge in [-0.1, -0.05) is 11.6 Å². The predicted molar refractivity (Wildman–Crippen MR) is 77.7 cm³/mol. The number of nitro benzene ring substituents is 2. The zero-order valence-electron chi connectivity index (χ0n) is 11.5. The Hall–Kier alpha value is -1.86. The van der Waals surface area contributed by atoms with Crippen LogP contribution in [0.4, 0.5) is 11.4 Å². The van der Waals surface area contributed by atoms with Crippen LogP contribution in [0.15, 0.2) is 17.0 Å². The van der Waals surface area contributed by atoms with Crippen molar-refractivity contribution in [2.45, 2.75) is 4.90 Å². The number of benzene rings is 1. The van der Waals surface area contributed by atoms with Crippen molar-refractivity contribution < 1.29 is 28.5 Å². The van der Waals surface area contributed by atoms with E-state index in [2.05, 4.69) is 0 Å². The van der Waals surface area contributed by atoms with E-state index >= 15 is 0 Å². The molecule has 0 aliphatic rings. The summed E-state index contributed by atoms with van der Waals surface area (Å²) in [5, 5.41) is 38.7. The lowest BCUT2D eigenvalue weighted by Crippen LogP contribution is -2.36. The summed E-state index contributed by atoms with van der Waals surface area (Å²) >= 11 is 5.71. The summed E-state index contributed by atoms with van der Waals surface area (Å²) in [5.41, 5.74) is -1.76. The summed E-state index contributed by atoms with van der Waals surface area (Å²) in [5.74, 6) is 0. The maximum Gasteiger partial charge on any atom is 0.296 e. The van der Waals surface area contributed by atoms with E-state index < -0.39 is 67.5 Å². The van der Waals surface area contributed by atoms with Crippen LogP contribution in [-0.4, -0.2) is 59.1 Å². The fourth-order valence-electron chi connectivity index (χ4n) is 1.71. The average molecular weight is 370 g/mol. The molecule has 13 heteroatoms. The first-order chi connectivity index (χ1) is 10.7. The van der Waals surface area contributed by atoms with Gasteiger partial charge in [-0.3, -0.25) is 20.2 Å². The molecular formula is C10H12ClN3O8S. The lowest BCUT2D eigenvalue weighted by atomic mass is 10.3. The number of sulfonamides is 1. The van der Waals surface area contributed by atoms with Crippen molar-refractivity contribution >= 4 is 33.0 Å². The molecule has 11 nitrogen and oxygen atoms in total. The molecule has 0 aliphatic carbocycles. The molecule has 0 radical (unpaired) electrons. The SMILES string of the molecule is O=[N+]([O-])c1cc([N+](=O)[O-])c(Cl)c(S(=O)(=O)N(CCO)CCO)c1. The second-order valence-electron chi connectivity index (χ2n) is 4.14. The molecule has 1 rings (SSSR count). The van der Waals surface area contributed by atoms with Crippen LogP contribution >= 0.6 is 11.6 Å². The standard InChI is InChI=1S/C10H12ClN3O8S/c11-10-8(14(19)20)5-7(13(17)18)6-9(10)23(21,22)12(1-3-15)2-4-16/h5-6,15-16H,1-4H2. The van der Waals surface area contributed by atoms with E-state index in [-0.39, 0.29) is 0 Å². The van der Waals surface area contributed by atoms with E-state index in [1.165, 1.54) is 0 Å². The molecule has 2 N–H and O–H groups in total. The van der Waals surface area contributed by atoms with E-state index in [0.717, 1.165) is 0 Å². The van der Waals surface area contributed by atoms with Crippen LogP contribution in [0.3, 0.4) is 0 Å². The van der Waals surface area contributed by atoms with E-state index in [1.54, 1.807) is 0 Å². The Bertz CT molecular complexity index is 717. The van der Waals surface area contributed by atoms with Gasteiger partial charge in [-0.2, -0.15) is 4.31 Å². The molecule has 0 amide bonds. The van der Waals surface area contributed by atoms with Gasteiger partial charge in [0.25, 0.3) is 11.4 Å². The smallest absolute Gasteiger partial charge is 0.296 e. The molecule has 0 aliphatic heterocycles. The van der Waals surface area contributed by atoms with E-state index in [9.17, 15) is 28.6 Å². The minimum Gasteiger partial charge on any atom is -0.395 e. The zero-order chi connectivity index (χ0) is 17.8. The first-order valence-corrected chi connectivity index (χ1v) is 7.82. The van der Waals surface area contributed by atoms with Gasteiger partial charge in [0.1, 0.15) is 9.92 Å². The van der Waals surface area contributed by atoms with Crippen LogP contribution in [0.25, 0.3) is 0 Å². The summed E-state index contributed by atoms with van der Waals surface area (Å²) in [7, 11) is -4.50. The van der Waals surface area contributed by atoms with Crippen LogP contribution in [0.2, 0.25) is 5.02 Å². The number of rotatable bonds is 8. The first-order valence-electron chi connectivity index (χ1n) is 6.01. The Kier molecular flexibility index (Phi) is 6.35. The second-order valence-corrected chi connectivity index (χ2v) is 6.43. The van der Waals surface area contributed by atoms with Gasteiger partial charge < -0.3 is 10.2 Å². The van der Waals surface area contributed by atoms with Crippen molar-refractivity contribution in [1.82, 2.24) is 4.31 Å². The molecule has 0 saturated carbocycles. The molecule has 0 heterocycles. The lowest BCUT2D eigenvalue weighted by molar-refractivity contribution is -0.394.